The summed E-state index contributed by atoms with van der Waals surface area (Å²) in [6.07, 6.45) is 0. The third-order valence-corrected chi connectivity index (χ3v) is 3.32. The Morgan fingerprint density at radius 1 is 1.20 bits per heavy atom. The fraction of sp³-hybridized carbons (Fsp3) is 0.294. The van der Waals surface area contributed by atoms with E-state index in [1.54, 1.807) is 0 Å². The lowest BCUT2D eigenvalue weighted by Gasteiger charge is -2.24. The molecule has 3 nitrogen and oxygen atoms in total. The molecule has 20 heavy (non-hydrogen) atoms. The van der Waals surface area contributed by atoms with Crippen molar-refractivity contribution in [3.8, 4) is 6.07 Å². The second kappa shape index (κ2) is 5.75. The van der Waals surface area contributed by atoms with Crippen LogP contribution in [0.4, 0.5) is 11.5 Å². The van der Waals surface area contributed by atoms with E-state index in [1.807, 2.05) is 26.0 Å². The lowest BCUT2D eigenvalue weighted by atomic mass is 10.1. The maximum atomic E-state index is 9.42. The van der Waals surface area contributed by atoms with Gasteiger partial charge in [-0.25, -0.2) is 4.98 Å². The van der Waals surface area contributed by atoms with Crippen molar-refractivity contribution < 1.29 is 0 Å². The Kier molecular flexibility index (Phi) is 4.05. The van der Waals surface area contributed by atoms with E-state index < -0.39 is 0 Å². The number of hydrogen-bond donors (Lipinski definition) is 0. The van der Waals surface area contributed by atoms with Crippen molar-refractivity contribution >= 4 is 11.5 Å². The van der Waals surface area contributed by atoms with Crippen LogP contribution < -0.4 is 4.90 Å². The minimum Gasteiger partial charge on any atom is -0.326 e. The van der Waals surface area contributed by atoms with E-state index in [1.165, 1.54) is 5.56 Å². The van der Waals surface area contributed by atoms with E-state index in [2.05, 4.69) is 48.0 Å². The van der Waals surface area contributed by atoms with Crippen LogP contribution in [0.25, 0.3) is 0 Å². The van der Waals surface area contributed by atoms with Gasteiger partial charge in [-0.15, -0.1) is 0 Å². The third kappa shape index (κ3) is 2.65. The second-order valence-corrected chi connectivity index (χ2v) is 4.97. The lowest BCUT2D eigenvalue weighted by molar-refractivity contribution is 0.969. The molecule has 0 spiro atoms. The average molecular weight is 265 g/mol. The minimum atomic E-state index is 0.652. The Morgan fingerprint density at radius 2 is 1.95 bits per heavy atom. The Morgan fingerprint density at radius 3 is 2.55 bits per heavy atom. The summed E-state index contributed by atoms with van der Waals surface area (Å²) in [5.41, 5.74) is 4.83. The summed E-state index contributed by atoms with van der Waals surface area (Å²) < 4.78 is 0. The molecule has 2 rings (SSSR count). The Balaban J connectivity index is 2.61. The maximum Gasteiger partial charge on any atom is 0.151 e. The molecule has 0 unspecified atom stereocenters. The van der Waals surface area contributed by atoms with Crippen molar-refractivity contribution in [1.82, 2.24) is 4.98 Å². The van der Waals surface area contributed by atoms with Crippen molar-refractivity contribution in [3.63, 3.8) is 0 Å². The molecule has 3 heteroatoms. The van der Waals surface area contributed by atoms with Gasteiger partial charge in [-0.2, -0.15) is 5.26 Å². The molecule has 0 radical (unpaired) electrons. The highest BCUT2D eigenvalue weighted by molar-refractivity contribution is 5.68. The highest BCUT2D eigenvalue weighted by Gasteiger charge is 2.16. The molecule has 0 aliphatic heterocycles. The molecule has 0 aliphatic rings. The molecular formula is C17H19N3. The molecular weight excluding hydrogens is 246 g/mol. The number of nitriles is 1. The van der Waals surface area contributed by atoms with Crippen LogP contribution in [0.3, 0.4) is 0 Å². The quantitative estimate of drug-likeness (QED) is 0.841. The molecule has 1 aromatic heterocycles. The molecule has 102 valence electrons. The van der Waals surface area contributed by atoms with Gasteiger partial charge in [0.15, 0.2) is 5.82 Å². The number of pyridine rings is 1. The molecule has 0 fully saturated rings. The van der Waals surface area contributed by atoms with Gasteiger partial charge < -0.3 is 4.90 Å². The molecule has 1 aromatic carbocycles. The molecule has 0 amide bonds. The number of nitrogens with zero attached hydrogens (tertiary/aromatic N) is 3. The summed E-state index contributed by atoms with van der Waals surface area (Å²) in [6, 6.07) is 12.5. The first-order chi connectivity index (χ1) is 9.56. The predicted molar refractivity (Wildman–Crippen MR) is 82.3 cm³/mol. The molecule has 0 aliphatic carbocycles. The molecule has 0 saturated carbocycles. The zero-order valence-corrected chi connectivity index (χ0v) is 12.4. The van der Waals surface area contributed by atoms with Gasteiger partial charge >= 0.3 is 0 Å². The normalized spacial score (nSPS) is 10.2. The van der Waals surface area contributed by atoms with E-state index in [9.17, 15) is 5.26 Å². The lowest BCUT2D eigenvalue weighted by Crippen LogP contribution is -2.19. The maximum absolute atomic E-state index is 9.42. The first kappa shape index (κ1) is 14.1. The van der Waals surface area contributed by atoms with Gasteiger partial charge in [-0.1, -0.05) is 12.1 Å². The van der Waals surface area contributed by atoms with Gasteiger partial charge in [0, 0.05) is 17.9 Å². The topological polar surface area (TPSA) is 39.9 Å². The number of rotatable bonds is 3. The van der Waals surface area contributed by atoms with Crippen molar-refractivity contribution in [2.45, 2.75) is 27.7 Å². The standard InChI is InChI=1S/C17H19N3/c1-5-20(15-8-6-7-12(2)9-15)17-16(11-18)13(3)10-14(4)19-17/h6-10H,5H2,1-4H3. The van der Waals surface area contributed by atoms with Crippen LogP contribution in [0.2, 0.25) is 0 Å². The van der Waals surface area contributed by atoms with Gasteiger partial charge in [0.2, 0.25) is 0 Å². The zero-order chi connectivity index (χ0) is 14.7. The Hall–Kier alpha value is -2.34. The molecule has 2 aromatic rings. The largest absolute Gasteiger partial charge is 0.326 e. The highest BCUT2D eigenvalue weighted by Crippen LogP contribution is 2.29. The minimum absolute atomic E-state index is 0.652. The van der Waals surface area contributed by atoms with E-state index in [0.717, 1.165) is 29.3 Å². The van der Waals surface area contributed by atoms with Gasteiger partial charge in [-0.05, 0) is 57.0 Å². The molecule has 0 atom stereocenters. The van der Waals surface area contributed by atoms with Gasteiger partial charge in [0.25, 0.3) is 0 Å². The first-order valence-corrected chi connectivity index (χ1v) is 6.79. The van der Waals surface area contributed by atoms with Gasteiger partial charge in [0.1, 0.15) is 6.07 Å². The fourth-order valence-corrected chi connectivity index (χ4v) is 2.40. The predicted octanol–water partition coefficient (Wildman–Crippen LogP) is 4.04. The molecule has 0 N–H and O–H groups in total. The van der Waals surface area contributed by atoms with E-state index in [-0.39, 0.29) is 0 Å². The van der Waals surface area contributed by atoms with Crippen LogP contribution in [-0.4, -0.2) is 11.5 Å². The van der Waals surface area contributed by atoms with Crippen LogP contribution in [0.5, 0.6) is 0 Å². The number of benzene rings is 1. The first-order valence-electron chi connectivity index (χ1n) is 6.79. The SMILES string of the molecule is CCN(c1cccc(C)c1)c1nc(C)cc(C)c1C#N. The highest BCUT2D eigenvalue weighted by atomic mass is 15.2. The van der Waals surface area contributed by atoms with Gasteiger partial charge in [0.05, 0.1) is 5.56 Å². The summed E-state index contributed by atoms with van der Waals surface area (Å²) >= 11 is 0. The fourth-order valence-electron chi connectivity index (χ4n) is 2.40. The zero-order valence-electron chi connectivity index (χ0n) is 12.4. The molecule has 1 heterocycles. The van der Waals surface area contributed by atoms with Crippen LogP contribution in [-0.2, 0) is 0 Å². The monoisotopic (exact) mass is 265 g/mol. The number of aryl methyl sites for hydroxylation is 3. The summed E-state index contributed by atoms with van der Waals surface area (Å²) in [4.78, 5) is 6.67. The molecule has 0 saturated heterocycles. The average Bonchev–Trinajstić information content (AvgIpc) is 2.39. The van der Waals surface area contributed by atoms with E-state index in [0.29, 0.717) is 5.56 Å². The van der Waals surface area contributed by atoms with Crippen molar-refractivity contribution in [3.05, 3.63) is 52.7 Å². The third-order valence-electron chi connectivity index (χ3n) is 3.32. The van der Waals surface area contributed by atoms with Crippen molar-refractivity contribution in [2.24, 2.45) is 0 Å². The summed E-state index contributed by atoms with van der Waals surface area (Å²) in [5.74, 6) is 0.748. The smallest absolute Gasteiger partial charge is 0.151 e. The second-order valence-electron chi connectivity index (χ2n) is 4.97. The summed E-state index contributed by atoms with van der Waals surface area (Å²) in [7, 11) is 0. The van der Waals surface area contributed by atoms with Crippen molar-refractivity contribution in [2.75, 3.05) is 11.4 Å². The molecule has 0 bridgehead atoms. The summed E-state index contributed by atoms with van der Waals surface area (Å²) in [6.45, 7) is 8.83. The summed E-state index contributed by atoms with van der Waals surface area (Å²) in [5, 5.41) is 9.42. The van der Waals surface area contributed by atoms with Crippen molar-refractivity contribution in [1.29, 1.82) is 5.26 Å². The number of anilines is 2. The van der Waals surface area contributed by atoms with Crippen LogP contribution in [0, 0.1) is 32.1 Å². The van der Waals surface area contributed by atoms with E-state index >= 15 is 0 Å². The van der Waals surface area contributed by atoms with Crippen LogP contribution >= 0.6 is 0 Å². The number of hydrogen-bond acceptors (Lipinski definition) is 3. The Labute approximate surface area is 120 Å². The van der Waals surface area contributed by atoms with E-state index in [4.69, 9.17) is 0 Å². The van der Waals surface area contributed by atoms with Crippen LogP contribution in [0.1, 0.15) is 29.3 Å². The van der Waals surface area contributed by atoms with Crippen LogP contribution in [0.15, 0.2) is 30.3 Å². The Bertz CT molecular complexity index is 668. The number of aromatic nitrogens is 1. The van der Waals surface area contributed by atoms with Gasteiger partial charge in [-0.3, -0.25) is 0 Å².